The van der Waals surface area contributed by atoms with Crippen LogP contribution in [0.3, 0.4) is 0 Å². The number of aliphatic carboxylic acids is 1. The van der Waals surface area contributed by atoms with Gasteiger partial charge in [0.05, 0.1) is 0 Å². The molecule has 1 aliphatic rings. The fraction of sp³-hybridized carbons (Fsp3) is 0.111. The second kappa shape index (κ2) is 4.84. The smallest absolute Gasteiger partial charge is 0.353 e. The molecule has 3 aromatic carbocycles. The van der Waals surface area contributed by atoms with E-state index < -0.39 is 5.97 Å². The summed E-state index contributed by atoms with van der Waals surface area (Å²) in [7, 11) is 0. The van der Waals surface area contributed by atoms with Crippen LogP contribution < -0.4 is 0 Å². The standard InChI is InChI=1S/C18H13NO3/c20-18(21)15-10-16(22-19-15)17-13-7-3-1-5-11(13)9-12-6-2-4-8-14(12)17/h1-9,16H,10H2,(H,20,21). The number of carbonyl (C=O) groups is 1. The van der Waals surface area contributed by atoms with E-state index in [1.807, 2.05) is 36.4 Å². The van der Waals surface area contributed by atoms with Gasteiger partial charge in [0.1, 0.15) is 0 Å². The van der Waals surface area contributed by atoms with Crippen molar-refractivity contribution < 1.29 is 14.7 Å². The number of benzene rings is 3. The van der Waals surface area contributed by atoms with Crippen LogP contribution in [0.4, 0.5) is 0 Å². The molecule has 3 aromatic rings. The molecule has 1 aliphatic heterocycles. The summed E-state index contributed by atoms with van der Waals surface area (Å²) in [5, 5.41) is 17.2. The normalized spacial score (nSPS) is 17.5. The van der Waals surface area contributed by atoms with Crippen LogP contribution >= 0.6 is 0 Å². The van der Waals surface area contributed by atoms with E-state index in [0.717, 1.165) is 27.1 Å². The van der Waals surface area contributed by atoms with Gasteiger partial charge in [-0.05, 0) is 27.6 Å². The lowest BCUT2D eigenvalue weighted by atomic mass is 9.92. The lowest BCUT2D eigenvalue weighted by Gasteiger charge is -2.15. The van der Waals surface area contributed by atoms with Crippen molar-refractivity contribution in [2.75, 3.05) is 0 Å². The van der Waals surface area contributed by atoms with Gasteiger partial charge in [-0.1, -0.05) is 53.7 Å². The van der Waals surface area contributed by atoms with Gasteiger partial charge in [-0.25, -0.2) is 4.79 Å². The summed E-state index contributed by atoms with van der Waals surface area (Å²) < 4.78 is 0. The van der Waals surface area contributed by atoms with Gasteiger partial charge in [-0.15, -0.1) is 0 Å². The van der Waals surface area contributed by atoms with E-state index in [0.29, 0.717) is 0 Å². The van der Waals surface area contributed by atoms with Crippen LogP contribution in [0.15, 0.2) is 59.8 Å². The zero-order valence-corrected chi connectivity index (χ0v) is 11.7. The third-order valence-corrected chi connectivity index (χ3v) is 4.05. The van der Waals surface area contributed by atoms with E-state index in [4.69, 9.17) is 9.94 Å². The number of fused-ring (bicyclic) bond motifs is 2. The second-order valence-electron chi connectivity index (χ2n) is 5.37. The van der Waals surface area contributed by atoms with Gasteiger partial charge < -0.3 is 9.94 Å². The van der Waals surface area contributed by atoms with Crippen LogP contribution in [0, 0.1) is 0 Å². The number of carboxylic acid groups (broad SMARTS) is 1. The third-order valence-electron chi connectivity index (χ3n) is 4.05. The number of hydrogen-bond donors (Lipinski definition) is 1. The zero-order chi connectivity index (χ0) is 15.1. The molecule has 4 rings (SSSR count). The Morgan fingerprint density at radius 2 is 1.64 bits per heavy atom. The van der Waals surface area contributed by atoms with Crippen molar-refractivity contribution in [1.82, 2.24) is 0 Å². The Balaban J connectivity index is 1.96. The van der Waals surface area contributed by atoms with Crippen molar-refractivity contribution in [3.63, 3.8) is 0 Å². The SMILES string of the molecule is O=C(O)C1=NOC(c2c3ccccc3cc3ccccc23)C1. The molecule has 4 nitrogen and oxygen atoms in total. The van der Waals surface area contributed by atoms with Crippen LogP contribution in [0.1, 0.15) is 18.1 Å². The molecular weight excluding hydrogens is 278 g/mol. The minimum Gasteiger partial charge on any atom is -0.477 e. The van der Waals surface area contributed by atoms with Crippen molar-refractivity contribution >= 4 is 33.2 Å². The van der Waals surface area contributed by atoms with Gasteiger partial charge in [-0.2, -0.15) is 0 Å². The lowest BCUT2D eigenvalue weighted by Crippen LogP contribution is -2.11. The molecule has 0 bridgehead atoms. The van der Waals surface area contributed by atoms with Crippen molar-refractivity contribution in [3.05, 3.63) is 60.2 Å². The predicted octanol–water partition coefficient (Wildman–Crippen LogP) is 3.90. The van der Waals surface area contributed by atoms with Gasteiger partial charge in [0.25, 0.3) is 0 Å². The molecule has 0 amide bonds. The Kier molecular flexibility index (Phi) is 2.82. The van der Waals surface area contributed by atoms with Crippen molar-refractivity contribution in [1.29, 1.82) is 0 Å². The van der Waals surface area contributed by atoms with E-state index in [2.05, 4.69) is 23.4 Å². The predicted molar refractivity (Wildman–Crippen MR) is 85.0 cm³/mol. The molecule has 4 heteroatoms. The summed E-state index contributed by atoms with van der Waals surface area (Å²) in [6, 6.07) is 18.3. The van der Waals surface area contributed by atoms with Crippen LogP contribution in [-0.4, -0.2) is 16.8 Å². The van der Waals surface area contributed by atoms with E-state index in [1.165, 1.54) is 0 Å². The van der Waals surface area contributed by atoms with Crippen molar-refractivity contribution in [3.8, 4) is 0 Å². The van der Waals surface area contributed by atoms with Crippen LogP contribution in [-0.2, 0) is 9.63 Å². The van der Waals surface area contributed by atoms with Crippen molar-refractivity contribution in [2.45, 2.75) is 12.5 Å². The second-order valence-corrected chi connectivity index (χ2v) is 5.37. The number of hydrogen-bond acceptors (Lipinski definition) is 3. The topological polar surface area (TPSA) is 58.9 Å². The lowest BCUT2D eigenvalue weighted by molar-refractivity contribution is -0.129. The van der Waals surface area contributed by atoms with Crippen LogP contribution in [0.25, 0.3) is 21.5 Å². The summed E-state index contributed by atoms with van der Waals surface area (Å²) in [4.78, 5) is 16.5. The summed E-state index contributed by atoms with van der Waals surface area (Å²) in [6.07, 6.45) is -0.0741. The first-order valence-corrected chi connectivity index (χ1v) is 7.10. The quantitative estimate of drug-likeness (QED) is 0.728. The van der Waals surface area contributed by atoms with Gasteiger partial charge in [0.2, 0.25) is 0 Å². The van der Waals surface area contributed by atoms with Crippen LogP contribution in [0.5, 0.6) is 0 Å². The fourth-order valence-electron chi connectivity index (χ4n) is 3.05. The van der Waals surface area contributed by atoms with Gasteiger partial charge in [-0.3, -0.25) is 0 Å². The highest BCUT2D eigenvalue weighted by Crippen LogP contribution is 2.38. The van der Waals surface area contributed by atoms with Gasteiger partial charge in [0.15, 0.2) is 11.8 Å². The molecule has 108 valence electrons. The average Bonchev–Trinajstić information content (AvgIpc) is 3.02. The van der Waals surface area contributed by atoms with E-state index in [1.54, 1.807) is 0 Å². The highest BCUT2D eigenvalue weighted by molar-refractivity contribution is 6.36. The Bertz CT molecular complexity index is 876. The highest BCUT2D eigenvalue weighted by Gasteiger charge is 2.29. The van der Waals surface area contributed by atoms with Gasteiger partial charge in [0, 0.05) is 12.0 Å². The molecule has 0 fully saturated rings. The number of carboxylic acids is 1. The van der Waals surface area contributed by atoms with Crippen molar-refractivity contribution in [2.24, 2.45) is 5.16 Å². The van der Waals surface area contributed by atoms with E-state index in [-0.39, 0.29) is 18.2 Å². The maximum absolute atomic E-state index is 11.1. The molecular formula is C18H13NO3. The highest BCUT2D eigenvalue weighted by atomic mass is 16.6. The maximum Gasteiger partial charge on any atom is 0.353 e. The minimum atomic E-state index is -1.02. The first-order chi connectivity index (χ1) is 10.7. The first-order valence-electron chi connectivity index (χ1n) is 7.10. The average molecular weight is 291 g/mol. The van der Waals surface area contributed by atoms with E-state index in [9.17, 15) is 4.79 Å². The summed E-state index contributed by atoms with van der Waals surface area (Å²) in [5.74, 6) is -1.02. The maximum atomic E-state index is 11.1. The number of oxime groups is 1. The Morgan fingerprint density at radius 3 is 2.18 bits per heavy atom. The summed E-state index contributed by atoms with van der Waals surface area (Å²) >= 11 is 0. The molecule has 1 heterocycles. The molecule has 1 N–H and O–H groups in total. The first kappa shape index (κ1) is 12.8. The number of nitrogens with zero attached hydrogens (tertiary/aromatic N) is 1. The number of rotatable bonds is 2. The largest absolute Gasteiger partial charge is 0.477 e. The fourth-order valence-corrected chi connectivity index (χ4v) is 3.05. The molecule has 22 heavy (non-hydrogen) atoms. The molecule has 0 aliphatic carbocycles. The van der Waals surface area contributed by atoms with Gasteiger partial charge >= 0.3 is 5.97 Å². The molecule has 1 unspecified atom stereocenters. The third kappa shape index (κ3) is 1.92. The minimum absolute atomic E-state index is 0.0713. The molecule has 0 radical (unpaired) electrons. The molecule has 1 atom stereocenters. The molecule has 0 aromatic heterocycles. The Labute approximate surface area is 126 Å². The van der Waals surface area contributed by atoms with E-state index >= 15 is 0 Å². The van der Waals surface area contributed by atoms with Crippen LogP contribution in [0.2, 0.25) is 0 Å². The summed E-state index contributed by atoms with van der Waals surface area (Å²) in [6.45, 7) is 0. The Morgan fingerprint density at radius 1 is 1.05 bits per heavy atom. The monoisotopic (exact) mass is 291 g/mol. The Hall–Kier alpha value is -2.88. The molecule has 0 saturated carbocycles. The molecule has 0 spiro atoms. The summed E-state index contributed by atoms with van der Waals surface area (Å²) in [5.41, 5.74) is 1.08. The molecule has 0 saturated heterocycles. The zero-order valence-electron chi connectivity index (χ0n) is 11.7.